The van der Waals surface area contributed by atoms with Crippen LogP contribution in [-0.2, 0) is 9.59 Å². The second kappa shape index (κ2) is 6.18. The van der Waals surface area contributed by atoms with Crippen LogP contribution in [0.1, 0.15) is 46.5 Å². The van der Waals surface area contributed by atoms with Gasteiger partial charge < -0.3 is 10.4 Å². The van der Waals surface area contributed by atoms with E-state index in [4.69, 9.17) is 0 Å². The van der Waals surface area contributed by atoms with E-state index in [0.29, 0.717) is 13.0 Å². The number of hydrogen-bond donors (Lipinski definition) is 2. The van der Waals surface area contributed by atoms with Crippen molar-refractivity contribution in [2.75, 3.05) is 13.1 Å². The zero-order valence-electron chi connectivity index (χ0n) is 11.5. The van der Waals surface area contributed by atoms with Gasteiger partial charge in [-0.2, -0.15) is 0 Å². The maximum atomic E-state index is 11.8. The molecule has 1 heterocycles. The summed E-state index contributed by atoms with van der Waals surface area (Å²) in [5, 5.41) is 12.2. The molecule has 2 atom stereocenters. The molecule has 1 saturated heterocycles. The molecule has 2 unspecified atom stereocenters. The molecule has 0 aromatic carbocycles. The molecule has 0 bridgehead atoms. The number of likely N-dealkylation sites (tertiary alicyclic amines) is 1. The lowest BCUT2D eigenvalue weighted by Gasteiger charge is -2.30. The molecular formula is C13H24N2O3. The molecular weight excluding hydrogens is 232 g/mol. The quantitative estimate of drug-likeness (QED) is 0.750. The minimum Gasteiger partial charge on any atom is -0.480 e. The largest absolute Gasteiger partial charge is 0.480 e. The Bertz CT molecular complexity index is 319. The van der Waals surface area contributed by atoms with Crippen LogP contribution in [0.25, 0.3) is 0 Å². The molecule has 1 aliphatic heterocycles. The van der Waals surface area contributed by atoms with Gasteiger partial charge in [-0.25, -0.2) is 0 Å². The summed E-state index contributed by atoms with van der Waals surface area (Å²) in [6.45, 7) is 6.60. The molecule has 0 aromatic rings. The third-order valence-corrected chi connectivity index (χ3v) is 3.71. The van der Waals surface area contributed by atoms with E-state index in [1.165, 1.54) is 0 Å². The highest BCUT2D eigenvalue weighted by molar-refractivity contribution is 5.82. The second-order valence-electron chi connectivity index (χ2n) is 5.36. The molecule has 1 fully saturated rings. The summed E-state index contributed by atoms with van der Waals surface area (Å²) >= 11 is 0. The Balaban J connectivity index is 2.51. The summed E-state index contributed by atoms with van der Waals surface area (Å²) in [6.07, 6.45) is 3.42. The predicted molar refractivity (Wildman–Crippen MR) is 69.4 cm³/mol. The molecule has 104 valence electrons. The number of carboxylic acids is 1. The lowest BCUT2D eigenvalue weighted by molar-refractivity contribution is -0.149. The van der Waals surface area contributed by atoms with E-state index in [1.807, 2.05) is 6.92 Å². The van der Waals surface area contributed by atoms with Gasteiger partial charge in [0.1, 0.15) is 5.54 Å². The van der Waals surface area contributed by atoms with E-state index in [0.717, 1.165) is 19.3 Å². The van der Waals surface area contributed by atoms with Crippen molar-refractivity contribution in [3.63, 3.8) is 0 Å². The molecule has 1 amide bonds. The Morgan fingerprint density at radius 1 is 1.50 bits per heavy atom. The molecule has 18 heavy (non-hydrogen) atoms. The number of carboxylic acid groups (broad SMARTS) is 1. The predicted octanol–water partition coefficient (Wildman–Crippen LogP) is 1.23. The number of aliphatic carboxylic acids is 1. The van der Waals surface area contributed by atoms with E-state index in [2.05, 4.69) is 12.2 Å². The Labute approximate surface area is 109 Å². The Kier molecular flexibility index (Phi) is 5.14. The highest BCUT2D eigenvalue weighted by Gasteiger charge is 2.43. The van der Waals surface area contributed by atoms with Crippen molar-refractivity contribution in [1.82, 2.24) is 10.2 Å². The van der Waals surface area contributed by atoms with Gasteiger partial charge in [-0.05, 0) is 39.7 Å². The van der Waals surface area contributed by atoms with E-state index >= 15 is 0 Å². The van der Waals surface area contributed by atoms with E-state index < -0.39 is 11.5 Å². The molecule has 0 saturated carbocycles. The van der Waals surface area contributed by atoms with Gasteiger partial charge in [0.05, 0.1) is 6.54 Å². The summed E-state index contributed by atoms with van der Waals surface area (Å²) in [7, 11) is 0. The van der Waals surface area contributed by atoms with Crippen molar-refractivity contribution in [2.45, 2.75) is 58.0 Å². The molecule has 1 rings (SSSR count). The molecule has 5 nitrogen and oxygen atoms in total. The molecule has 0 aromatic heterocycles. The summed E-state index contributed by atoms with van der Waals surface area (Å²) < 4.78 is 0. The molecule has 0 aliphatic carbocycles. The van der Waals surface area contributed by atoms with Crippen LogP contribution in [0.15, 0.2) is 0 Å². The smallest absolute Gasteiger partial charge is 0.323 e. The average Bonchev–Trinajstić information content (AvgIpc) is 2.61. The Morgan fingerprint density at radius 3 is 2.72 bits per heavy atom. The van der Waals surface area contributed by atoms with Crippen LogP contribution in [0.4, 0.5) is 0 Å². The average molecular weight is 256 g/mol. The highest BCUT2D eigenvalue weighted by Crippen LogP contribution is 2.28. The Morgan fingerprint density at radius 2 is 2.17 bits per heavy atom. The van der Waals surface area contributed by atoms with Crippen LogP contribution in [0.5, 0.6) is 0 Å². The number of carbonyl (C=O) groups is 2. The van der Waals surface area contributed by atoms with Crippen LogP contribution in [0, 0.1) is 0 Å². The van der Waals surface area contributed by atoms with Gasteiger partial charge in [0.2, 0.25) is 5.91 Å². The van der Waals surface area contributed by atoms with Crippen molar-refractivity contribution >= 4 is 11.9 Å². The maximum Gasteiger partial charge on any atom is 0.323 e. The summed E-state index contributed by atoms with van der Waals surface area (Å²) in [5.41, 5.74) is -0.884. The first-order valence-electron chi connectivity index (χ1n) is 6.68. The van der Waals surface area contributed by atoms with Crippen molar-refractivity contribution < 1.29 is 14.7 Å². The van der Waals surface area contributed by atoms with Crippen LogP contribution in [-0.4, -0.2) is 46.6 Å². The fourth-order valence-electron chi connectivity index (χ4n) is 2.51. The molecule has 0 spiro atoms. The van der Waals surface area contributed by atoms with Crippen molar-refractivity contribution in [1.29, 1.82) is 0 Å². The van der Waals surface area contributed by atoms with Gasteiger partial charge >= 0.3 is 5.97 Å². The minimum atomic E-state index is -0.884. The SMILES string of the molecule is CCCC(C)NC(=O)CN1CCCC1(C)C(=O)O. The maximum absolute atomic E-state index is 11.8. The summed E-state index contributed by atoms with van der Waals surface area (Å²) in [5.74, 6) is -0.917. The van der Waals surface area contributed by atoms with E-state index in [1.54, 1.807) is 11.8 Å². The Hall–Kier alpha value is -1.10. The number of nitrogens with zero attached hydrogens (tertiary/aromatic N) is 1. The standard InChI is InChI=1S/C13H24N2O3/c1-4-6-10(2)14-11(16)9-15-8-5-7-13(15,3)12(17)18/h10H,4-9H2,1-3H3,(H,14,16)(H,17,18). The van der Waals surface area contributed by atoms with Crippen LogP contribution >= 0.6 is 0 Å². The van der Waals surface area contributed by atoms with E-state index in [9.17, 15) is 14.7 Å². The monoisotopic (exact) mass is 256 g/mol. The number of carbonyl (C=O) groups excluding carboxylic acids is 1. The van der Waals surface area contributed by atoms with Gasteiger partial charge in [0.15, 0.2) is 0 Å². The fraction of sp³-hybridized carbons (Fsp3) is 0.846. The van der Waals surface area contributed by atoms with Crippen LogP contribution < -0.4 is 5.32 Å². The zero-order chi connectivity index (χ0) is 13.8. The third-order valence-electron chi connectivity index (χ3n) is 3.71. The van der Waals surface area contributed by atoms with Crippen LogP contribution in [0.3, 0.4) is 0 Å². The zero-order valence-corrected chi connectivity index (χ0v) is 11.5. The molecule has 2 N–H and O–H groups in total. The number of amides is 1. The van der Waals surface area contributed by atoms with Gasteiger partial charge in [0.25, 0.3) is 0 Å². The molecule has 1 aliphatic rings. The topological polar surface area (TPSA) is 69.6 Å². The number of rotatable bonds is 6. The van der Waals surface area contributed by atoms with Gasteiger partial charge in [0, 0.05) is 6.04 Å². The first-order valence-corrected chi connectivity index (χ1v) is 6.68. The normalized spacial score (nSPS) is 25.9. The first kappa shape index (κ1) is 15.0. The van der Waals surface area contributed by atoms with Crippen molar-refractivity contribution in [3.05, 3.63) is 0 Å². The third kappa shape index (κ3) is 3.45. The van der Waals surface area contributed by atoms with Gasteiger partial charge in [-0.3, -0.25) is 14.5 Å². The lowest BCUT2D eigenvalue weighted by atomic mass is 9.99. The summed E-state index contributed by atoms with van der Waals surface area (Å²) in [6, 6.07) is 0.154. The number of nitrogens with one attached hydrogen (secondary N) is 1. The molecule has 0 radical (unpaired) electrons. The van der Waals surface area contributed by atoms with Crippen LogP contribution in [0.2, 0.25) is 0 Å². The van der Waals surface area contributed by atoms with Crippen molar-refractivity contribution in [3.8, 4) is 0 Å². The first-order chi connectivity index (χ1) is 8.40. The highest BCUT2D eigenvalue weighted by atomic mass is 16.4. The van der Waals surface area contributed by atoms with Crippen molar-refractivity contribution in [2.24, 2.45) is 0 Å². The lowest BCUT2D eigenvalue weighted by Crippen LogP contribution is -2.52. The summed E-state index contributed by atoms with van der Waals surface area (Å²) in [4.78, 5) is 24.9. The minimum absolute atomic E-state index is 0.0784. The fourth-order valence-corrected chi connectivity index (χ4v) is 2.51. The van der Waals surface area contributed by atoms with E-state index in [-0.39, 0.29) is 18.5 Å². The van der Waals surface area contributed by atoms with Gasteiger partial charge in [-0.1, -0.05) is 13.3 Å². The number of hydrogen-bond acceptors (Lipinski definition) is 3. The second-order valence-corrected chi connectivity index (χ2v) is 5.36. The van der Waals surface area contributed by atoms with Gasteiger partial charge in [-0.15, -0.1) is 0 Å². The molecule has 5 heteroatoms.